The van der Waals surface area contributed by atoms with Crippen LogP contribution in [-0.2, 0) is 0 Å². The van der Waals surface area contributed by atoms with Crippen LogP contribution in [0.25, 0.3) is 11.3 Å². The molecule has 1 aliphatic heterocycles. The topological polar surface area (TPSA) is 134 Å². The third-order valence-corrected chi connectivity index (χ3v) is 8.65. The van der Waals surface area contributed by atoms with Crippen LogP contribution in [0.15, 0.2) is 49.3 Å². The van der Waals surface area contributed by atoms with Gasteiger partial charge in [-0.3, -0.25) is 14.5 Å². The molecule has 15 heteroatoms. The SMILES string of the molecule is CC(c1cnc(N2CCC2[C@@H](C)NCC2(O)CC2)nc1)n1cc(NC(=O)c2cncc(-c3c(C(F)F)ccc(Cl)c3F)n2)cn1. The van der Waals surface area contributed by atoms with Gasteiger partial charge < -0.3 is 20.6 Å². The molecule has 2 unspecified atom stereocenters. The van der Waals surface area contributed by atoms with Crippen molar-refractivity contribution < 1.29 is 23.1 Å². The van der Waals surface area contributed by atoms with Gasteiger partial charge in [-0.15, -0.1) is 0 Å². The summed E-state index contributed by atoms with van der Waals surface area (Å²) in [5.74, 6) is -1.13. The predicted molar refractivity (Wildman–Crippen MR) is 161 cm³/mol. The maximum atomic E-state index is 14.7. The molecule has 11 nitrogen and oxygen atoms in total. The van der Waals surface area contributed by atoms with E-state index in [4.69, 9.17) is 11.6 Å². The summed E-state index contributed by atoms with van der Waals surface area (Å²) in [5.41, 5.74) is -0.996. The van der Waals surface area contributed by atoms with Gasteiger partial charge in [-0.1, -0.05) is 17.7 Å². The normalized spacial score (nSPS) is 18.4. The molecule has 1 saturated heterocycles. The molecule has 1 aromatic carbocycles. The molecular weight excluding hydrogens is 611 g/mol. The summed E-state index contributed by atoms with van der Waals surface area (Å²) in [6, 6.07) is 2.21. The zero-order valence-corrected chi connectivity index (χ0v) is 25.2. The molecule has 45 heavy (non-hydrogen) atoms. The summed E-state index contributed by atoms with van der Waals surface area (Å²) >= 11 is 5.82. The fraction of sp³-hybridized carbons (Fsp3) is 0.400. The Balaban J connectivity index is 1.10. The first-order valence-corrected chi connectivity index (χ1v) is 14.9. The second kappa shape index (κ2) is 12.3. The number of alkyl halides is 2. The van der Waals surface area contributed by atoms with Crippen LogP contribution in [0.4, 0.5) is 24.8 Å². The highest BCUT2D eigenvalue weighted by Crippen LogP contribution is 2.36. The third-order valence-electron chi connectivity index (χ3n) is 8.36. The highest BCUT2D eigenvalue weighted by atomic mass is 35.5. The van der Waals surface area contributed by atoms with Gasteiger partial charge in [0.2, 0.25) is 5.95 Å². The summed E-state index contributed by atoms with van der Waals surface area (Å²) in [7, 11) is 0. The molecular formula is C30H31ClF3N9O2. The third kappa shape index (κ3) is 6.49. The largest absolute Gasteiger partial charge is 0.389 e. The highest BCUT2D eigenvalue weighted by molar-refractivity contribution is 6.31. The number of aliphatic hydroxyl groups is 1. The van der Waals surface area contributed by atoms with Crippen molar-refractivity contribution in [2.45, 2.75) is 63.3 Å². The lowest BCUT2D eigenvalue weighted by atomic mass is 9.96. The average molecular weight is 642 g/mol. The summed E-state index contributed by atoms with van der Waals surface area (Å²) in [6.07, 6.45) is 8.50. The number of hydrogen-bond acceptors (Lipinski definition) is 9. The average Bonchev–Trinajstić information content (AvgIpc) is 3.57. The van der Waals surface area contributed by atoms with Crippen LogP contribution in [0, 0.1) is 5.82 Å². The van der Waals surface area contributed by atoms with E-state index in [1.165, 1.54) is 6.20 Å². The Labute approximate surface area is 261 Å². The van der Waals surface area contributed by atoms with Gasteiger partial charge in [0.1, 0.15) is 5.69 Å². The summed E-state index contributed by atoms with van der Waals surface area (Å²) in [4.78, 5) is 32.3. The minimum atomic E-state index is -2.99. The van der Waals surface area contributed by atoms with Crippen LogP contribution in [-0.4, -0.2) is 71.5 Å². The maximum absolute atomic E-state index is 14.7. The van der Waals surface area contributed by atoms with Gasteiger partial charge in [0.05, 0.1) is 46.6 Å². The predicted octanol–water partition coefficient (Wildman–Crippen LogP) is 4.80. The number of anilines is 2. The Morgan fingerprint density at radius 3 is 2.58 bits per heavy atom. The van der Waals surface area contributed by atoms with Crippen LogP contribution < -0.4 is 15.5 Å². The highest BCUT2D eigenvalue weighted by Gasteiger charge is 2.42. The lowest BCUT2D eigenvalue weighted by Gasteiger charge is -2.44. The van der Waals surface area contributed by atoms with E-state index in [0.717, 1.165) is 55.9 Å². The first-order chi connectivity index (χ1) is 21.5. The summed E-state index contributed by atoms with van der Waals surface area (Å²) in [6.45, 7) is 5.46. The Kier molecular flexibility index (Phi) is 8.46. The van der Waals surface area contributed by atoms with Crippen molar-refractivity contribution in [3.63, 3.8) is 0 Å². The van der Waals surface area contributed by atoms with Crippen molar-refractivity contribution in [3.8, 4) is 11.3 Å². The van der Waals surface area contributed by atoms with Crippen LogP contribution in [0.1, 0.15) is 67.2 Å². The van der Waals surface area contributed by atoms with Crippen molar-refractivity contribution >= 4 is 29.1 Å². The molecule has 0 spiro atoms. The molecule has 1 saturated carbocycles. The van der Waals surface area contributed by atoms with Crippen LogP contribution in [0.2, 0.25) is 5.02 Å². The van der Waals surface area contributed by atoms with Crippen molar-refractivity contribution in [1.82, 2.24) is 35.0 Å². The van der Waals surface area contributed by atoms with E-state index in [2.05, 4.69) is 47.5 Å². The number of nitrogens with zero attached hydrogens (tertiary/aromatic N) is 7. The first-order valence-electron chi connectivity index (χ1n) is 14.5. The van der Waals surface area contributed by atoms with Crippen LogP contribution in [0.5, 0.6) is 0 Å². The molecule has 6 rings (SSSR count). The van der Waals surface area contributed by atoms with Gasteiger partial charge in [-0.2, -0.15) is 5.10 Å². The molecule has 3 N–H and O–H groups in total. The zero-order valence-electron chi connectivity index (χ0n) is 24.5. The number of hydrogen-bond donors (Lipinski definition) is 3. The van der Waals surface area contributed by atoms with Gasteiger partial charge in [0.25, 0.3) is 12.3 Å². The van der Waals surface area contributed by atoms with E-state index < -0.39 is 34.9 Å². The number of carbonyl (C=O) groups is 1. The van der Waals surface area contributed by atoms with E-state index in [9.17, 15) is 23.1 Å². The zero-order chi connectivity index (χ0) is 31.9. The molecule has 3 aromatic heterocycles. The number of rotatable bonds is 11. The van der Waals surface area contributed by atoms with Crippen molar-refractivity contribution in [3.05, 3.63) is 77.0 Å². The molecule has 1 aliphatic carbocycles. The summed E-state index contributed by atoms with van der Waals surface area (Å²) < 4.78 is 43.5. The van der Waals surface area contributed by atoms with E-state index in [1.54, 1.807) is 23.3 Å². The Morgan fingerprint density at radius 1 is 1.16 bits per heavy atom. The fourth-order valence-electron chi connectivity index (χ4n) is 5.24. The minimum absolute atomic E-state index is 0.185. The van der Waals surface area contributed by atoms with E-state index >= 15 is 0 Å². The van der Waals surface area contributed by atoms with E-state index in [1.807, 2.05) is 6.92 Å². The molecule has 0 bridgehead atoms. The van der Waals surface area contributed by atoms with Gasteiger partial charge in [0, 0.05) is 60.5 Å². The summed E-state index contributed by atoms with van der Waals surface area (Å²) in [5, 5.41) is 20.2. The van der Waals surface area contributed by atoms with Gasteiger partial charge in [0.15, 0.2) is 5.82 Å². The second-order valence-electron chi connectivity index (χ2n) is 11.5. The van der Waals surface area contributed by atoms with E-state index in [0.29, 0.717) is 18.2 Å². The minimum Gasteiger partial charge on any atom is -0.389 e. The Bertz CT molecular complexity index is 1700. The molecule has 4 heterocycles. The quantitative estimate of drug-likeness (QED) is 0.211. The number of aromatic nitrogens is 6. The molecule has 4 aromatic rings. The number of nitrogens with one attached hydrogen (secondary N) is 2. The number of benzene rings is 1. The number of carbonyl (C=O) groups excluding carboxylic acids is 1. The van der Waals surface area contributed by atoms with Crippen molar-refractivity contribution in [2.75, 3.05) is 23.3 Å². The first kappa shape index (κ1) is 30.9. The Morgan fingerprint density at radius 2 is 1.91 bits per heavy atom. The smallest absolute Gasteiger partial charge is 0.275 e. The maximum Gasteiger partial charge on any atom is 0.275 e. The van der Waals surface area contributed by atoms with Crippen molar-refractivity contribution in [1.29, 1.82) is 0 Å². The van der Waals surface area contributed by atoms with Gasteiger partial charge in [-0.05, 0) is 39.2 Å². The Hall–Kier alpha value is -4.14. The molecule has 0 radical (unpaired) electrons. The molecule has 2 aliphatic rings. The lowest BCUT2D eigenvalue weighted by Crippen LogP contribution is -2.59. The standard InChI is InChI=1S/C30H31ClF3N9O2/c1-16(38-15-30(45)6-7-30)24-5-8-42(24)29-36-9-18(10-37-29)17(2)43-14-19(11-39-43)40-28(44)23-13-35-12-22(41-23)25-20(27(33)34)3-4-21(31)26(25)32/h3-4,9-14,16-17,24,27,38,45H,5-8,15H2,1-2H3,(H,40,44)/t16-,17?,24?/m1/s1. The monoisotopic (exact) mass is 641 g/mol. The molecule has 2 fully saturated rings. The fourth-order valence-corrected chi connectivity index (χ4v) is 5.40. The second-order valence-corrected chi connectivity index (χ2v) is 11.9. The lowest BCUT2D eigenvalue weighted by molar-refractivity contribution is 0.102. The van der Waals surface area contributed by atoms with Crippen LogP contribution >= 0.6 is 11.6 Å². The van der Waals surface area contributed by atoms with Crippen LogP contribution in [0.3, 0.4) is 0 Å². The number of halogens is 4. The van der Waals surface area contributed by atoms with Gasteiger partial charge in [-0.25, -0.2) is 28.1 Å². The molecule has 1 amide bonds. The number of amides is 1. The van der Waals surface area contributed by atoms with Crippen molar-refractivity contribution in [2.24, 2.45) is 0 Å². The van der Waals surface area contributed by atoms with E-state index in [-0.39, 0.29) is 34.5 Å². The van der Waals surface area contributed by atoms with Gasteiger partial charge >= 0.3 is 0 Å². The molecule has 3 atom stereocenters. The molecule has 236 valence electrons.